The van der Waals surface area contributed by atoms with Gasteiger partial charge >= 0.3 is 0 Å². The predicted octanol–water partition coefficient (Wildman–Crippen LogP) is 0.238. The molecule has 1 aromatic rings. The Labute approximate surface area is 106 Å². The van der Waals surface area contributed by atoms with Crippen LogP contribution in [0.2, 0.25) is 0 Å². The van der Waals surface area contributed by atoms with Crippen LogP contribution in [0, 0.1) is 13.8 Å². The Morgan fingerprint density at radius 3 is 2.89 bits per heavy atom. The van der Waals surface area contributed by atoms with Gasteiger partial charge in [0.2, 0.25) is 5.91 Å². The first kappa shape index (κ1) is 13.0. The summed E-state index contributed by atoms with van der Waals surface area (Å²) >= 11 is 0. The summed E-state index contributed by atoms with van der Waals surface area (Å²) in [6.07, 6.45) is 0. The second-order valence-corrected chi connectivity index (χ2v) is 4.58. The molecule has 100 valence electrons. The third-order valence-electron chi connectivity index (χ3n) is 3.17. The maximum atomic E-state index is 12.2. The molecule has 1 atom stereocenters. The number of hydrogen-bond acceptors (Lipinski definition) is 5. The van der Waals surface area contributed by atoms with Crippen LogP contribution in [0.3, 0.4) is 0 Å². The van der Waals surface area contributed by atoms with Gasteiger partial charge in [-0.25, -0.2) is 0 Å². The molecular weight excluding hydrogens is 234 g/mol. The summed E-state index contributed by atoms with van der Waals surface area (Å²) in [5.74, 6) is 0.801. The molecule has 1 aliphatic rings. The van der Waals surface area contributed by atoms with Gasteiger partial charge in [-0.1, -0.05) is 5.16 Å². The molecule has 1 saturated heterocycles. The molecule has 0 radical (unpaired) electrons. The van der Waals surface area contributed by atoms with E-state index in [0.717, 1.165) is 23.6 Å². The van der Waals surface area contributed by atoms with Crippen LogP contribution in [0.4, 0.5) is 0 Å². The Bertz CT molecular complexity index is 405. The van der Waals surface area contributed by atoms with Crippen molar-refractivity contribution in [3.05, 3.63) is 17.0 Å². The summed E-state index contributed by atoms with van der Waals surface area (Å²) < 4.78 is 10.4. The number of rotatable bonds is 3. The van der Waals surface area contributed by atoms with E-state index in [9.17, 15) is 4.79 Å². The molecule has 1 aliphatic heterocycles. The number of aromatic nitrogens is 1. The van der Waals surface area contributed by atoms with Gasteiger partial charge in [0.25, 0.3) is 0 Å². The van der Waals surface area contributed by atoms with E-state index in [1.54, 1.807) is 11.9 Å². The van der Waals surface area contributed by atoms with Crippen LogP contribution in [-0.4, -0.2) is 48.8 Å². The van der Waals surface area contributed by atoms with Crippen molar-refractivity contribution in [2.75, 3.05) is 26.8 Å². The van der Waals surface area contributed by atoms with Gasteiger partial charge < -0.3 is 19.5 Å². The van der Waals surface area contributed by atoms with Crippen LogP contribution in [0.15, 0.2) is 4.52 Å². The second-order valence-electron chi connectivity index (χ2n) is 4.58. The van der Waals surface area contributed by atoms with Crippen LogP contribution in [-0.2, 0) is 16.1 Å². The van der Waals surface area contributed by atoms with Crippen LogP contribution in [0.25, 0.3) is 0 Å². The Kier molecular flexibility index (Phi) is 3.98. The van der Waals surface area contributed by atoms with Gasteiger partial charge in [0.05, 0.1) is 25.5 Å². The topological polar surface area (TPSA) is 67.6 Å². The molecule has 0 spiro atoms. The van der Waals surface area contributed by atoms with Gasteiger partial charge in [-0.05, 0) is 13.8 Å². The number of morpholine rings is 1. The van der Waals surface area contributed by atoms with Crippen molar-refractivity contribution in [2.24, 2.45) is 0 Å². The zero-order valence-corrected chi connectivity index (χ0v) is 11.0. The number of carbonyl (C=O) groups is 1. The normalized spacial score (nSPS) is 19.8. The van der Waals surface area contributed by atoms with E-state index < -0.39 is 0 Å². The number of carbonyl (C=O) groups excluding carboxylic acids is 1. The highest BCUT2D eigenvalue weighted by molar-refractivity contribution is 5.81. The molecular formula is C12H19N3O3. The smallest absolute Gasteiger partial charge is 0.242 e. The highest BCUT2D eigenvalue weighted by Crippen LogP contribution is 2.14. The van der Waals surface area contributed by atoms with E-state index in [1.165, 1.54) is 0 Å². The number of likely N-dealkylation sites (N-methyl/N-ethyl adjacent to an activating group) is 1. The average molecular weight is 253 g/mol. The Balaban J connectivity index is 1.98. The molecule has 1 N–H and O–H groups in total. The standard InChI is InChI=1S/C12H19N3O3/c1-8-10(9(2)18-14-8)6-15(3)12(16)11-7-17-5-4-13-11/h11,13H,4-7H2,1-3H3. The van der Waals surface area contributed by atoms with E-state index in [-0.39, 0.29) is 11.9 Å². The lowest BCUT2D eigenvalue weighted by Crippen LogP contribution is -2.51. The molecule has 6 nitrogen and oxygen atoms in total. The summed E-state index contributed by atoms with van der Waals surface area (Å²) in [5, 5.41) is 7.04. The molecule has 1 aromatic heterocycles. The van der Waals surface area contributed by atoms with Crippen LogP contribution >= 0.6 is 0 Å². The van der Waals surface area contributed by atoms with Crippen molar-refractivity contribution < 1.29 is 14.1 Å². The zero-order chi connectivity index (χ0) is 13.1. The number of amides is 1. The minimum Gasteiger partial charge on any atom is -0.378 e. The largest absolute Gasteiger partial charge is 0.378 e. The second kappa shape index (κ2) is 5.49. The van der Waals surface area contributed by atoms with Crippen LogP contribution < -0.4 is 5.32 Å². The quantitative estimate of drug-likeness (QED) is 0.835. The minimum atomic E-state index is -0.246. The van der Waals surface area contributed by atoms with Gasteiger partial charge in [-0.3, -0.25) is 4.79 Å². The minimum absolute atomic E-state index is 0.0368. The third kappa shape index (κ3) is 2.70. The van der Waals surface area contributed by atoms with Crippen molar-refractivity contribution in [3.8, 4) is 0 Å². The van der Waals surface area contributed by atoms with Gasteiger partial charge in [0.15, 0.2) is 0 Å². The lowest BCUT2D eigenvalue weighted by Gasteiger charge is -2.27. The van der Waals surface area contributed by atoms with E-state index >= 15 is 0 Å². The summed E-state index contributed by atoms with van der Waals surface area (Å²) in [6, 6.07) is -0.246. The molecule has 1 fully saturated rings. The van der Waals surface area contributed by atoms with E-state index in [0.29, 0.717) is 19.8 Å². The third-order valence-corrected chi connectivity index (χ3v) is 3.17. The highest BCUT2D eigenvalue weighted by atomic mass is 16.5. The van der Waals surface area contributed by atoms with Crippen molar-refractivity contribution in [1.29, 1.82) is 0 Å². The Morgan fingerprint density at radius 2 is 2.33 bits per heavy atom. The average Bonchev–Trinajstić information content (AvgIpc) is 2.70. The first-order valence-electron chi connectivity index (χ1n) is 6.07. The Morgan fingerprint density at radius 1 is 1.56 bits per heavy atom. The molecule has 1 unspecified atom stereocenters. The molecule has 0 aliphatic carbocycles. The van der Waals surface area contributed by atoms with Gasteiger partial charge in [-0.2, -0.15) is 0 Å². The summed E-state index contributed by atoms with van der Waals surface area (Å²) in [6.45, 7) is 6.07. The number of aryl methyl sites for hydroxylation is 2. The number of nitrogens with zero attached hydrogens (tertiary/aromatic N) is 2. The molecule has 18 heavy (non-hydrogen) atoms. The first-order valence-corrected chi connectivity index (χ1v) is 6.07. The maximum absolute atomic E-state index is 12.2. The highest BCUT2D eigenvalue weighted by Gasteiger charge is 2.25. The zero-order valence-electron chi connectivity index (χ0n) is 11.0. The van der Waals surface area contributed by atoms with Crippen molar-refractivity contribution >= 4 is 5.91 Å². The molecule has 0 saturated carbocycles. The fraction of sp³-hybridized carbons (Fsp3) is 0.667. The number of hydrogen-bond donors (Lipinski definition) is 1. The van der Waals surface area contributed by atoms with Crippen LogP contribution in [0.1, 0.15) is 17.0 Å². The fourth-order valence-corrected chi connectivity index (χ4v) is 2.03. The molecule has 0 bridgehead atoms. The molecule has 2 rings (SSSR count). The first-order chi connectivity index (χ1) is 8.59. The van der Waals surface area contributed by atoms with Crippen LogP contribution in [0.5, 0.6) is 0 Å². The summed E-state index contributed by atoms with van der Waals surface area (Å²) in [4.78, 5) is 13.9. The van der Waals surface area contributed by atoms with E-state index in [2.05, 4.69) is 10.5 Å². The number of nitrogens with one attached hydrogen (secondary N) is 1. The van der Waals surface area contributed by atoms with Gasteiger partial charge in [-0.15, -0.1) is 0 Å². The molecule has 0 aromatic carbocycles. The predicted molar refractivity (Wildman–Crippen MR) is 65.1 cm³/mol. The molecule has 1 amide bonds. The molecule has 6 heteroatoms. The lowest BCUT2D eigenvalue weighted by molar-refractivity contribution is -0.135. The van der Waals surface area contributed by atoms with Crippen molar-refractivity contribution in [3.63, 3.8) is 0 Å². The fourth-order valence-electron chi connectivity index (χ4n) is 2.03. The summed E-state index contributed by atoms with van der Waals surface area (Å²) in [5.41, 5.74) is 1.81. The SMILES string of the molecule is Cc1noc(C)c1CN(C)C(=O)C1COCCN1. The lowest BCUT2D eigenvalue weighted by atomic mass is 10.1. The Hall–Kier alpha value is -1.40. The van der Waals surface area contributed by atoms with E-state index in [1.807, 2.05) is 13.8 Å². The van der Waals surface area contributed by atoms with E-state index in [4.69, 9.17) is 9.26 Å². The monoisotopic (exact) mass is 253 g/mol. The molecule has 2 heterocycles. The van der Waals surface area contributed by atoms with Gasteiger partial charge in [0, 0.05) is 19.2 Å². The van der Waals surface area contributed by atoms with Crippen molar-refractivity contribution in [2.45, 2.75) is 26.4 Å². The summed E-state index contributed by atoms with van der Waals surface area (Å²) in [7, 11) is 1.78. The number of ether oxygens (including phenoxy) is 1. The maximum Gasteiger partial charge on any atom is 0.242 e. The van der Waals surface area contributed by atoms with Gasteiger partial charge in [0.1, 0.15) is 11.8 Å². The van der Waals surface area contributed by atoms with Crippen molar-refractivity contribution in [1.82, 2.24) is 15.4 Å².